The fourth-order valence-corrected chi connectivity index (χ4v) is 4.59. The molecule has 1 aliphatic heterocycles. The lowest BCUT2D eigenvalue weighted by Crippen LogP contribution is -2.48. The van der Waals surface area contributed by atoms with E-state index in [1.807, 2.05) is 54.2 Å². The van der Waals surface area contributed by atoms with Gasteiger partial charge in [0.05, 0.1) is 0 Å². The van der Waals surface area contributed by atoms with Gasteiger partial charge in [0.2, 0.25) is 5.91 Å². The third-order valence-corrected chi connectivity index (χ3v) is 6.54. The van der Waals surface area contributed by atoms with E-state index in [1.54, 1.807) is 41.5 Å². The van der Waals surface area contributed by atoms with Gasteiger partial charge in [0.25, 0.3) is 5.91 Å². The van der Waals surface area contributed by atoms with Crippen molar-refractivity contribution in [3.05, 3.63) is 90.0 Å². The third kappa shape index (κ3) is 5.78. The molecule has 3 aromatic rings. The van der Waals surface area contributed by atoms with Crippen LogP contribution in [0.2, 0.25) is 0 Å². The highest BCUT2D eigenvalue weighted by molar-refractivity contribution is 5.92. The molecule has 1 unspecified atom stereocenters. The Labute approximate surface area is 200 Å². The number of amides is 2. The minimum atomic E-state index is -0.0700. The highest BCUT2D eigenvalue weighted by Crippen LogP contribution is 2.27. The van der Waals surface area contributed by atoms with Crippen LogP contribution in [0.4, 0.5) is 0 Å². The maximum atomic E-state index is 13.2. The minimum absolute atomic E-state index is 0.0137. The molecule has 7 heteroatoms. The van der Waals surface area contributed by atoms with Gasteiger partial charge in [0, 0.05) is 57.9 Å². The van der Waals surface area contributed by atoms with Crippen molar-refractivity contribution in [3.8, 4) is 0 Å². The summed E-state index contributed by atoms with van der Waals surface area (Å²) in [6.45, 7) is 1.36. The summed E-state index contributed by atoms with van der Waals surface area (Å²) in [5.41, 5.74) is 2.56. The molecule has 4 rings (SSSR count). The topological polar surface area (TPSA) is 71.3 Å². The summed E-state index contributed by atoms with van der Waals surface area (Å²) in [4.78, 5) is 33.7. The van der Waals surface area contributed by atoms with E-state index in [1.165, 1.54) is 5.56 Å². The number of carbonyl (C=O) groups excluding carboxylic acids is 2. The average Bonchev–Trinajstić information content (AvgIpc) is 3.32. The SMILES string of the molecule is CN(C(=O)c1ccn(C)n1)C(Cc1ccccc1)C1CCN(C(=O)C=Cc2cccnc2)CC1. The zero-order valence-corrected chi connectivity index (χ0v) is 19.7. The molecule has 0 spiro atoms. The normalized spacial score (nSPS) is 15.4. The first kappa shape index (κ1) is 23.4. The number of piperidine rings is 1. The van der Waals surface area contributed by atoms with E-state index in [0.29, 0.717) is 24.7 Å². The van der Waals surface area contributed by atoms with E-state index in [0.717, 1.165) is 24.8 Å². The van der Waals surface area contributed by atoms with E-state index in [2.05, 4.69) is 22.2 Å². The molecule has 176 valence electrons. The number of likely N-dealkylation sites (tertiary alicyclic amines) is 1. The molecule has 7 nitrogen and oxygen atoms in total. The lowest BCUT2D eigenvalue weighted by Gasteiger charge is -2.39. The molecule has 1 atom stereocenters. The number of likely N-dealkylation sites (N-methyl/N-ethyl adjacent to an activating group) is 1. The molecule has 1 fully saturated rings. The quantitative estimate of drug-likeness (QED) is 0.510. The Morgan fingerprint density at radius 2 is 1.88 bits per heavy atom. The Hall–Kier alpha value is -3.74. The first-order valence-corrected chi connectivity index (χ1v) is 11.7. The standard InChI is InChI=1S/C27H31N5O2/c1-30-16-14-24(29-30)27(34)31(2)25(19-21-7-4-3-5-8-21)23-12-17-32(18-13-23)26(33)11-10-22-9-6-15-28-20-22/h3-11,14-16,20,23,25H,12-13,17-19H2,1-2H3. The number of pyridine rings is 1. The van der Waals surface area contributed by atoms with Gasteiger partial charge in [0.15, 0.2) is 0 Å². The van der Waals surface area contributed by atoms with E-state index in [4.69, 9.17) is 0 Å². The fourth-order valence-electron chi connectivity index (χ4n) is 4.59. The van der Waals surface area contributed by atoms with Gasteiger partial charge < -0.3 is 9.80 Å². The zero-order chi connectivity index (χ0) is 23.9. The van der Waals surface area contributed by atoms with Gasteiger partial charge in [-0.1, -0.05) is 36.4 Å². The number of hydrogen-bond acceptors (Lipinski definition) is 4. The molecule has 1 saturated heterocycles. The van der Waals surface area contributed by atoms with Crippen molar-refractivity contribution in [2.75, 3.05) is 20.1 Å². The second-order valence-corrected chi connectivity index (χ2v) is 8.83. The third-order valence-electron chi connectivity index (χ3n) is 6.54. The second kappa shape index (κ2) is 10.9. The zero-order valence-electron chi connectivity index (χ0n) is 19.7. The van der Waals surface area contributed by atoms with Gasteiger partial charge in [-0.3, -0.25) is 19.3 Å². The second-order valence-electron chi connectivity index (χ2n) is 8.83. The van der Waals surface area contributed by atoms with Crippen molar-refractivity contribution in [1.29, 1.82) is 0 Å². The van der Waals surface area contributed by atoms with E-state index in [9.17, 15) is 9.59 Å². The number of hydrogen-bond donors (Lipinski definition) is 0. The maximum absolute atomic E-state index is 13.2. The van der Waals surface area contributed by atoms with Crippen LogP contribution in [0.15, 0.2) is 73.2 Å². The Bertz CT molecular complexity index is 1120. The smallest absolute Gasteiger partial charge is 0.274 e. The number of carbonyl (C=O) groups is 2. The van der Waals surface area contributed by atoms with Gasteiger partial charge in [-0.25, -0.2) is 0 Å². The summed E-state index contributed by atoms with van der Waals surface area (Å²) in [5.74, 6) is 0.239. The Morgan fingerprint density at radius 3 is 2.53 bits per heavy atom. The summed E-state index contributed by atoms with van der Waals surface area (Å²) in [7, 11) is 3.69. The van der Waals surface area contributed by atoms with Crippen LogP contribution < -0.4 is 0 Å². The molecule has 3 heterocycles. The number of nitrogens with zero attached hydrogens (tertiary/aromatic N) is 5. The van der Waals surface area contributed by atoms with Crippen molar-refractivity contribution >= 4 is 17.9 Å². The molecule has 1 aromatic carbocycles. The van der Waals surface area contributed by atoms with Crippen LogP contribution in [0.1, 0.15) is 34.5 Å². The molecule has 1 aliphatic rings. The lowest BCUT2D eigenvalue weighted by molar-refractivity contribution is -0.127. The predicted octanol–water partition coefficient (Wildman–Crippen LogP) is 3.45. The van der Waals surface area contributed by atoms with Crippen LogP contribution in [-0.4, -0.2) is 62.6 Å². The average molecular weight is 458 g/mol. The molecule has 0 N–H and O–H groups in total. The van der Waals surface area contributed by atoms with E-state index >= 15 is 0 Å². The molecular weight excluding hydrogens is 426 g/mol. The first-order chi connectivity index (χ1) is 16.5. The van der Waals surface area contributed by atoms with Crippen LogP contribution in [0.25, 0.3) is 6.08 Å². The monoisotopic (exact) mass is 457 g/mol. The van der Waals surface area contributed by atoms with Crippen LogP contribution in [0.3, 0.4) is 0 Å². The van der Waals surface area contributed by atoms with Gasteiger partial charge >= 0.3 is 0 Å². The largest absolute Gasteiger partial charge is 0.339 e. The van der Waals surface area contributed by atoms with Crippen molar-refractivity contribution in [3.63, 3.8) is 0 Å². The predicted molar refractivity (Wildman–Crippen MR) is 132 cm³/mol. The molecular formula is C27H31N5O2. The van der Waals surface area contributed by atoms with Crippen molar-refractivity contribution in [2.24, 2.45) is 13.0 Å². The van der Waals surface area contributed by atoms with Crippen molar-refractivity contribution in [2.45, 2.75) is 25.3 Å². The molecule has 2 amide bonds. The van der Waals surface area contributed by atoms with Gasteiger partial charge in [-0.05, 0) is 54.5 Å². The number of rotatable bonds is 7. The van der Waals surface area contributed by atoms with Gasteiger partial charge in [-0.2, -0.15) is 5.10 Å². The Morgan fingerprint density at radius 1 is 1.12 bits per heavy atom. The molecule has 0 bridgehead atoms. The van der Waals surface area contributed by atoms with E-state index < -0.39 is 0 Å². The summed E-state index contributed by atoms with van der Waals surface area (Å²) >= 11 is 0. The highest BCUT2D eigenvalue weighted by Gasteiger charge is 2.33. The Balaban J connectivity index is 1.44. The highest BCUT2D eigenvalue weighted by atomic mass is 16.2. The summed E-state index contributed by atoms with van der Waals surface area (Å²) < 4.78 is 1.65. The first-order valence-electron chi connectivity index (χ1n) is 11.7. The minimum Gasteiger partial charge on any atom is -0.339 e. The lowest BCUT2D eigenvalue weighted by atomic mass is 9.84. The van der Waals surface area contributed by atoms with Crippen LogP contribution in [0, 0.1) is 5.92 Å². The van der Waals surface area contributed by atoms with Gasteiger partial charge in [0.1, 0.15) is 5.69 Å². The maximum Gasteiger partial charge on any atom is 0.274 e. The summed E-state index contributed by atoms with van der Waals surface area (Å²) in [6.07, 6.45) is 11.1. The van der Waals surface area contributed by atoms with Gasteiger partial charge in [-0.15, -0.1) is 0 Å². The molecule has 34 heavy (non-hydrogen) atoms. The van der Waals surface area contributed by atoms with Crippen LogP contribution >= 0.6 is 0 Å². The number of benzene rings is 1. The molecule has 0 saturated carbocycles. The molecule has 2 aromatic heterocycles. The molecule has 0 aliphatic carbocycles. The molecule has 0 radical (unpaired) electrons. The van der Waals surface area contributed by atoms with Crippen molar-refractivity contribution < 1.29 is 9.59 Å². The Kier molecular flexibility index (Phi) is 7.52. The number of aromatic nitrogens is 3. The number of aryl methyl sites for hydroxylation is 1. The summed E-state index contributed by atoms with van der Waals surface area (Å²) in [6, 6.07) is 15.8. The fraction of sp³-hybridized carbons (Fsp3) is 0.333. The van der Waals surface area contributed by atoms with Crippen molar-refractivity contribution in [1.82, 2.24) is 24.6 Å². The van der Waals surface area contributed by atoms with Crippen LogP contribution in [-0.2, 0) is 18.3 Å². The van der Waals surface area contributed by atoms with Crippen LogP contribution in [0.5, 0.6) is 0 Å². The van der Waals surface area contributed by atoms with E-state index in [-0.39, 0.29) is 17.9 Å². The summed E-state index contributed by atoms with van der Waals surface area (Å²) in [5, 5.41) is 4.31.